The summed E-state index contributed by atoms with van der Waals surface area (Å²) < 4.78 is 10.1. The highest BCUT2D eigenvalue weighted by Gasteiger charge is 2.68. The molecule has 2 bridgehead atoms. The first-order chi connectivity index (χ1) is 12.1. The summed E-state index contributed by atoms with van der Waals surface area (Å²) in [5, 5.41) is 4.00. The van der Waals surface area contributed by atoms with Gasteiger partial charge in [-0.05, 0) is 39.2 Å². The molecule has 140 valence electrons. The number of amides is 2. The van der Waals surface area contributed by atoms with E-state index in [1.165, 1.54) is 11.5 Å². The van der Waals surface area contributed by atoms with Crippen LogP contribution >= 0.6 is 11.5 Å². The second-order valence-corrected chi connectivity index (χ2v) is 9.31. The van der Waals surface area contributed by atoms with Crippen LogP contribution in [0.25, 0.3) is 0 Å². The van der Waals surface area contributed by atoms with Crippen molar-refractivity contribution in [1.82, 2.24) is 19.4 Å². The van der Waals surface area contributed by atoms with Crippen LogP contribution in [0, 0.1) is 18.8 Å². The maximum atomic E-state index is 13.2. The first kappa shape index (κ1) is 17.6. The molecule has 7 nitrogen and oxygen atoms in total. The Labute approximate surface area is 157 Å². The van der Waals surface area contributed by atoms with Crippen molar-refractivity contribution in [1.29, 1.82) is 0 Å². The van der Waals surface area contributed by atoms with Gasteiger partial charge in [-0.3, -0.25) is 9.59 Å². The molecular formula is C18H24N4O3S. The number of aryl methyl sites for hydroxylation is 1. The molecule has 8 heteroatoms. The molecule has 4 rings (SSSR count). The molecular weight excluding hydrogens is 352 g/mol. The SMILES string of the molecule is Cc1nnsc1CN(C)C(=O)[C@H]1[C@@H]2C=C[C@@]3(CN(C(C)(C)C)C(=O)[C@H]13)O2. The Morgan fingerprint density at radius 2 is 2.23 bits per heavy atom. The molecule has 1 aromatic heterocycles. The van der Waals surface area contributed by atoms with Gasteiger partial charge in [-0.25, -0.2) is 0 Å². The van der Waals surface area contributed by atoms with Crippen molar-refractivity contribution in [2.45, 2.75) is 51.5 Å². The highest BCUT2D eigenvalue weighted by atomic mass is 32.1. The summed E-state index contributed by atoms with van der Waals surface area (Å²) in [7, 11) is 1.77. The second-order valence-electron chi connectivity index (χ2n) is 8.47. The third-order valence-electron chi connectivity index (χ3n) is 5.70. The molecule has 26 heavy (non-hydrogen) atoms. The summed E-state index contributed by atoms with van der Waals surface area (Å²) in [6, 6.07) is 0. The highest BCUT2D eigenvalue weighted by Crippen LogP contribution is 2.53. The summed E-state index contributed by atoms with van der Waals surface area (Å²) in [4.78, 5) is 30.9. The van der Waals surface area contributed by atoms with Crippen LogP contribution in [0.5, 0.6) is 0 Å². The fraction of sp³-hybridized carbons (Fsp3) is 0.667. The Morgan fingerprint density at radius 1 is 1.50 bits per heavy atom. The molecule has 3 aliphatic heterocycles. The predicted octanol–water partition coefficient (Wildman–Crippen LogP) is 1.39. The number of nitrogens with zero attached hydrogens (tertiary/aromatic N) is 4. The number of likely N-dealkylation sites (tertiary alicyclic amines) is 1. The van der Waals surface area contributed by atoms with Gasteiger partial charge in [-0.2, -0.15) is 0 Å². The molecule has 0 aliphatic carbocycles. The second kappa shape index (κ2) is 5.60. The van der Waals surface area contributed by atoms with Crippen molar-refractivity contribution in [3.05, 3.63) is 22.7 Å². The molecule has 0 aromatic carbocycles. The van der Waals surface area contributed by atoms with Crippen molar-refractivity contribution < 1.29 is 14.3 Å². The van der Waals surface area contributed by atoms with E-state index in [-0.39, 0.29) is 23.5 Å². The number of rotatable bonds is 3. The van der Waals surface area contributed by atoms with Crippen LogP contribution in [0.4, 0.5) is 0 Å². The third-order valence-corrected chi connectivity index (χ3v) is 6.51. The van der Waals surface area contributed by atoms with E-state index in [0.29, 0.717) is 13.1 Å². The maximum absolute atomic E-state index is 13.2. The number of carbonyl (C=O) groups is 2. The zero-order valence-electron chi connectivity index (χ0n) is 15.7. The molecule has 0 saturated carbocycles. The lowest BCUT2D eigenvalue weighted by molar-refractivity contribution is -0.144. The summed E-state index contributed by atoms with van der Waals surface area (Å²) in [5.41, 5.74) is -0.111. The van der Waals surface area contributed by atoms with Gasteiger partial charge in [0, 0.05) is 12.6 Å². The van der Waals surface area contributed by atoms with Gasteiger partial charge in [0.2, 0.25) is 11.8 Å². The lowest BCUT2D eigenvalue weighted by Crippen LogP contribution is -2.47. The summed E-state index contributed by atoms with van der Waals surface area (Å²) in [6.07, 6.45) is 3.63. The van der Waals surface area contributed by atoms with Crippen LogP contribution in [0.1, 0.15) is 31.3 Å². The fourth-order valence-electron chi connectivity index (χ4n) is 4.29. The Bertz CT molecular complexity index is 799. The topological polar surface area (TPSA) is 75.6 Å². The minimum atomic E-state index is -0.655. The van der Waals surface area contributed by atoms with E-state index in [2.05, 4.69) is 9.59 Å². The van der Waals surface area contributed by atoms with Crippen LogP contribution in [0.3, 0.4) is 0 Å². The summed E-state index contributed by atoms with van der Waals surface area (Å²) in [6.45, 7) is 8.89. The van der Waals surface area contributed by atoms with Crippen molar-refractivity contribution in [3.63, 3.8) is 0 Å². The minimum absolute atomic E-state index is 0.0201. The Morgan fingerprint density at radius 3 is 2.85 bits per heavy atom. The van der Waals surface area contributed by atoms with Gasteiger partial charge >= 0.3 is 0 Å². The molecule has 2 fully saturated rings. The van der Waals surface area contributed by atoms with Crippen LogP contribution in [0.15, 0.2) is 12.2 Å². The maximum Gasteiger partial charge on any atom is 0.230 e. The molecule has 3 aliphatic rings. The Kier molecular flexibility index (Phi) is 3.79. The van der Waals surface area contributed by atoms with E-state index in [0.717, 1.165) is 10.6 Å². The Balaban J connectivity index is 1.59. The zero-order valence-corrected chi connectivity index (χ0v) is 16.5. The molecule has 0 radical (unpaired) electrons. The van der Waals surface area contributed by atoms with E-state index < -0.39 is 17.4 Å². The number of fused-ring (bicyclic) bond motifs is 1. The average molecular weight is 376 g/mol. The molecule has 1 aromatic rings. The van der Waals surface area contributed by atoms with E-state index in [9.17, 15) is 9.59 Å². The molecule has 4 heterocycles. The van der Waals surface area contributed by atoms with Crippen molar-refractivity contribution >= 4 is 23.3 Å². The monoisotopic (exact) mass is 376 g/mol. The Hall–Kier alpha value is -1.80. The first-order valence-corrected chi connectivity index (χ1v) is 9.63. The van der Waals surface area contributed by atoms with Crippen LogP contribution < -0.4 is 0 Å². The quantitative estimate of drug-likeness (QED) is 0.745. The van der Waals surface area contributed by atoms with Gasteiger partial charge in [0.25, 0.3) is 0 Å². The average Bonchev–Trinajstić information content (AvgIpc) is 3.28. The van der Waals surface area contributed by atoms with E-state index >= 15 is 0 Å². The number of hydrogen-bond acceptors (Lipinski definition) is 6. The molecule has 2 amide bonds. The van der Waals surface area contributed by atoms with Gasteiger partial charge in [-0.1, -0.05) is 16.6 Å². The van der Waals surface area contributed by atoms with Crippen molar-refractivity contribution in [2.75, 3.05) is 13.6 Å². The van der Waals surface area contributed by atoms with E-state index in [4.69, 9.17) is 4.74 Å². The number of carbonyl (C=O) groups excluding carboxylic acids is 2. The van der Waals surface area contributed by atoms with Crippen molar-refractivity contribution in [3.8, 4) is 0 Å². The molecule has 0 unspecified atom stereocenters. The normalized spacial score (nSPS) is 32.4. The van der Waals surface area contributed by atoms with E-state index in [1.54, 1.807) is 11.9 Å². The number of hydrogen-bond donors (Lipinski definition) is 0. The fourth-order valence-corrected chi connectivity index (χ4v) is 4.98. The smallest absolute Gasteiger partial charge is 0.230 e. The predicted molar refractivity (Wildman–Crippen MR) is 96.3 cm³/mol. The van der Waals surface area contributed by atoms with Gasteiger partial charge in [0.05, 0.1) is 41.6 Å². The number of aromatic nitrogens is 2. The van der Waals surface area contributed by atoms with Gasteiger partial charge in [0.1, 0.15) is 5.60 Å². The third kappa shape index (κ3) is 2.42. The van der Waals surface area contributed by atoms with Crippen LogP contribution in [-0.2, 0) is 20.9 Å². The van der Waals surface area contributed by atoms with Gasteiger partial charge < -0.3 is 14.5 Å². The number of ether oxygens (including phenoxy) is 1. The lowest BCUT2D eigenvalue weighted by atomic mass is 9.76. The molecule has 0 N–H and O–H groups in total. The zero-order chi connectivity index (χ0) is 18.9. The summed E-state index contributed by atoms with van der Waals surface area (Å²) >= 11 is 1.30. The standard InChI is InChI=1S/C18H24N4O3S/c1-10-12(26-20-19-10)8-21(5)15(23)13-11-6-7-18(25-11)9-22(17(2,3)4)16(24)14(13)18/h6-7,11,13-14H,8-9H2,1-5H3/t11-,13-,14-,18-/m0/s1. The summed E-state index contributed by atoms with van der Waals surface area (Å²) in [5.74, 6) is -0.937. The molecule has 2 saturated heterocycles. The van der Waals surface area contributed by atoms with Gasteiger partial charge in [0.15, 0.2) is 0 Å². The van der Waals surface area contributed by atoms with Crippen LogP contribution in [0.2, 0.25) is 0 Å². The minimum Gasteiger partial charge on any atom is -0.360 e. The lowest BCUT2D eigenvalue weighted by Gasteiger charge is -2.34. The van der Waals surface area contributed by atoms with Crippen molar-refractivity contribution in [2.24, 2.45) is 11.8 Å². The highest BCUT2D eigenvalue weighted by molar-refractivity contribution is 7.05. The van der Waals surface area contributed by atoms with Gasteiger partial charge in [-0.15, -0.1) is 5.10 Å². The van der Waals surface area contributed by atoms with E-state index in [1.807, 2.05) is 44.7 Å². The van der Waals surface area contributed by atoms with Crippen LogP contribution in [-0.4, -0.2) is 62.0 Å². The molecule has 1 spiro atoms. The first-order valence-electron chi connectivity index (χ1n) is 8.85. The molecule has 4 atom stereocenters. The largest absolute Gasteiger partial charge is 0.360 e.